The monoisotopic (exact) mass is 411 g/mol. The van der Waals surface area contributed by atoms with Crippen molar-refractivity contribution in [3.05, 3.63) is 76.5 Å². The van der Waals surface area contributed by atoms with Gasteiger partial charge in [-0.05, 0) is 48.5 Å². The molecule has 1 aliphatic heterocycles. The molecule has 0 unspecified atom stereocenters. The normalized spacial score (nSPS) is 15.8. The Balaban J connectivity index is 1.96. The van der Waals surface area contributed by atoms with Gasteiger partial charge in [0.05, 0.1) is 10.7 Å². The molecule has 6 nitrogen and oxygen atoms in total. The molecular formula is C17H12ClF2N3O3S. The molecule has 2 aromatic rings. The van der Waals surface area contributed by atoms with E-state index in [0.717, 1.165) is 18.2 Å². The number of hydrogen-bond donors (Lipinski definition) is 1. The number of benzene rings is 2. The molecule has 0 saturated heterocycles. The van der Waals surface area contributed by atoms with Crippen LogP contribution in [-0.4, -0.2) is 31.4 Å². The summed E-state index contributed by atoms with van der Waals surface area (Å²) in [4.78, 5) is 12.6. The molecular weight excluding hydrogens is 400 g/mol. The number of carbonyl (C=O) groups excluding carboxylic acids is 1. The fraction of sp³-hybridized carbons (Fsp3) is 0.0588. The number of nitrogens with one attached hydrogen (secondary N) is 1. The summed E-state index contributed by atoms with van der Waals surface area (Å²) in [5.41, 5.74) is 0.271. The minimum absolute atomic E-state index is 0.0182. The number of allylic oxidation sites excluding steroid dienone is 1. The minimum Gasteiger partial charge on any atom is -0.321 e. The summed E-state index contributed by atoms with van der Waals surface area (Å²) in [5, 5.41) is 2.26. The van der Waals surface area contributed by atoms with E-state index >= 15 is 0 Å². The molecule has 0 atom stereocenters. The van der Waals surface area contributed by atoms with Crippen LogP contribution >= 0.6 is 11.6 Å². The standard InChI is InChI=1S/C17H12ClF2N3O3S/c1-23-16(17(24)21-12-6-7-14(20)13(18)8-12)9-15(22-27(23,25)26)10-2-4-11(19)5-3-10/h2-9H,1H3,(H,21,24). The molecule has 0 aromatic heterocycles. The summed E-state index contributed by atoms with van der Waals surface area (Å²) >= 11 is 5.68. The number of anilines is 1. The van der Waals surface area contributed by atoms with Crippen LogP contribution in [0.5, 0.6) is 0 Å². The number of carbonyl (C=O) groups is 1. The number of nitrogens with zero attached hydrogens (tertiary/aromatic N) is 2. The molecule has 2 aromatic carbocycles. The number of likely N-dealkylation sites (N-methyl/N-ethyl adjacent to an activating group) is 1. The Morgan fingerprint density at radius 1 is 1.15 bits per heavy atom. The van der Waals surface area contributed by atoms with E-state index in [-0.39, 0.29) is 22.1 Å². The molecule has 1 heterocycles. The van der Waals surface area contributed by atoms with Gasteiger partial charge in [0, 0.05) is 18.3 Å². The van der Waals surface area contributed by atoms with Crippen LogP contribution in [0.15, 0.2) is 58.6 Å². The Morgan fingerprint density at radius 3 is 2.44 bits per heavy atom. The van der Waals surface area contributed by atoms with Crippen molar-refractivity contribution in [2.75, 3.05) is 12.4 Å². The van der Waals surface area contributed by atoms with Gasteiger partial charge in [0.15, 0.2) is 0 Å². The van der Waals surface area contributed by atoms with Crippen molar-refractivity contribution < 1.29 is 22.0 Å². The molecule has 0 bridgehead atoms. The number of hydrogen-bond acceptors (Lipinski definition) is 3. The number of amides is 1. The van der Waals surface area contributed by atoms with Gasteiger partial charge in [0.1, 0.15) is 17.3 Å². The predicted octanol–water partition coefficient (Wildman–Crippen LogP) is 3.12. The maximum Gasteiger partial charge on any atom is 0.345 e. The molecule has 1 N–H and O–H groups in total. The third-order valence-electron chi connectivity index (χ3n) is 3.72. The van der Waals surface area contributed by atoms with Crippen LogP contribution in [0.1, 0.15) is 5.56 Å². The molecule has 140 valence electrons. The maximum atomic E-state index is 13.2. The molecule has 0 radical (unpaired) electrons. The van der Waals surface area contributed by atoms with Crippen molar-refractivity contribution in [1.82, 2.24) is 4.31 Å². The summed E-state index contributed by atoms with van der Waals surface area (Å²) < 4.78 is 55.2. The highest BCUT2D eigenvalue weighted by atomic mass is 35.5. The average molecular weight is 412 g/mol. The van der Waals surface area contributed by atoms with Crippen molar-refractivity contribution >= 4 is 39.1 Å². The summed E-state index contributed by atoms with van der Waals surface area (Å²) in [6.07, 6.45) is 1.26. The summed E-state index contributed by atoms with van der Waals surface area (Å²) in [6.45, 7) is 0. The van der Waals surface area contributed by atoms with Gasteiger partial charge in [0.25, 0.3) is 5.91 Å². The summed E-state index contributed by atoms with van der Waals surface area (Å²) in [7, 11) is -2.99. The largest absolute Gasteiger partial charge is 0.345 e. The molecule has 1 aliphatic rings. The first-order valence-electron chi connectivity index (χ1n) is 7.50. The Labute approximate surface area is 159 Å². The van der Waals surface area contributed by atoms with Crippen LogP contribution in [0.4, 0.5) is 14.5 Å². The second-order valence-corrected chi connectivity index (χ2v) is 7.57. The Kier molecular flexibility index (Phi) is 4.99. The van der Waals surface area contributed by atoms with Crippen LogP contribution in [0.25, 0.3) is 0 Å². The topological polar surface area (TPSA) is 78.8 Å². The lowest BCUT2D eigenvalue weighted by Gasteiger charge is -2.23. The SMILES string of the molecule is CN1C(C(=O)Nc2ccc(F)c(Cl)c2)=CC(c2ccc(F)cc2)=NS1(=O)=O. The number of halogens is 3. The van der Waals surface area contributed by atoms with E-state index in [4.69, 9.17) is 11.6 Å². The molecule has 3 rings (SSSR count). The van der Waals surface area contributed by atoms with Crippen LogP contribution in [0.2, 0.25) is 5.02 Å². The highest BCUT2D eigenvalue weighted by molar-refractivity contribution is 7.88. The Morgan fingerprint density at radius 2 is 1.81 bits per heavy atom. The van der Waals surface area contributed by atoms with Gasteiger partial charge in [-0.15, -0.1) is 4.40 Å². The molecule has 0 fully saturated rings. The van der Waals surface area contributed by atoms with Gasteiger partial charge in [-0.3, -0.25) is 4.79 Å². The molecule has 0 spiro atoms. The van der Waals surface area contributed by atoms with Crippen molar-refractivity contribution in [1.29, 1.82) is 0 Å². The van der Waals surface area contributed by atoms with Crippen molar-refractivity contribution in [3.63, 3.8) is 0 Å². The number of rotatable bonds is 3. The molecule has 0 aliphatic carbocycles. The van der Waals surface area contributed by atoms with E-state index in [1.807, 2.05) is 0 Å². The van der Waals surface area contributed by atoms with Gasteiger partial charge in [0.2, 0.25) is 0 Å². The van der Waals surface area contributed by atoms with E-state index in [1.165, 1.54) is 37.4 Å². The van der Waals surface area contributed by atoms with Crippen molar-refractivity contribution in [3.8, 4) is 0 Å². The highest BCUT2D eigenvalue weighted by Crippen LogP contribution is 2.23. The second-order valence-electron chi connectivity index (χ2n) is 5.54. The van der Waals surface area contributed by atoms with E-state index in [9.17, 15) is 22.0 Å². The zero-order chi connectivity index (χ0) is 19.8. The van der Waals surface area contributed by atoms with Crippen molar-refractivity contribution in [2.45, 2.75) is 0 Å². The quantitative estimate of drug-likeness (QED) is 0.842. The Hall–Kier alpha value is -2.78. The lowest BCUT2D eigenvalue weighted by atomic mass is 10.1. The van der Waals surface area contributed by atoms with E-state index in [0.29, 0.717) is 9.87 Å². The molecule has 1 amide bonds. The molecule has 0 saturated carbocycles. The van der Waals surface area contributed by atoms with E-state index in [2.05, 4.69) is 9.71 Å². The first-order valence-corrected chi connectivity index (χ1v) is 9.28. The zero-order valence-electron chi connectivity index (χ0n) is 13.8. The third kappa shape index (κ3) is 3.99. The van der Waals surface area contributed by atoms with Gasteiger partial charge in [-0.2, -0.15) is 8.42 Å². The second kappa shape index (κ2) is 7.09. The fourth-order valence-electron chi connectivity index (χ4n) is 2.29. The molecule has 10 heteroatoms. The minimum atomic E-state index is -4.16. The summed E-state index contributed by atoms with van der Waals surface area (Å²) in [5.74, 6) is -1.92. The third-order valence-corrected chi connectivity index (χ3v) is 5.33. The maximum absolute atomic E-state index is 13.2. The lowest BCUT2D eigenvalue weighted by molar-refractivity contribution is -0.113. The van der Waals surface area contributed by atoms with Crippen LogP contribution in [0, 0.1) is 11.6 Å². The van der Waals surface area contributed by atoms with E-state index < -0.39 is 27.8 Å². The van der Waals surface area contributed by atoms with Crippen LogP contribution in [-0.2, 0) is 15.0 Å². The van der Waals surface area contributed by atoms with Gasteiger partial charge >= 0.3 is 10.2 Å². The smallest absolute Gasteiger partial charge is 0.321 e. The van der Waals surface area contributed by atoms with Crippen LogP contribution < -0.4 is 5.32 Å². The first-order chi connectivity index (χ1) is 12.7. The zero-order valence-corrected chi connectivity index (χ0v) is 15.4. The average Bonchev–Trinajstić information content (AvgIpc) is 2.61. The lowest BCUT2D eigenvalue weighted by Crippen LogP contribution is -2.35. The van der Waals surface area contributed by atoms with Gasteiger partial charge < -0.3 is 5.32 Å². The predicted molar refractivity (Wildman–Crippen MR) is 97.7 cm³/mol. The fourth-order valence-corrected chi connectivity index (χ4v) is 3.38. The van der Waals surface area contributed by atoms with Crippen LogP contribution in [0.3, 0.4) is 0 Å². The van der Waals surface area contributed by atoms with Gasteiger partial charge in [-0.25, -0.2) is 13.1 Å². The first kappa shape index (κ1) is 19.0. The Bertz CT molecular complexity index is 1080. The van der Waals surface area contributed by atoms with E-state index in [1.54, 1.807) is 0 Å². The molecule has 27 heavy (non-hydrogen) atoms. The van der Waals surface area contributed by atoms with Crippen molar-refractivity contribution in [2.24, 2.45) is 4.40 Å². The summed E-state index contributed by atoms with van der Waals surface area (Å²) in [6, 6.07) is 8.54. The highest BCUT2D eigenvalue weighted by Gasteiger charge is 2.30. The van der Waals surface area contributed by atoms with Gasteiger partial charge in [-0.1, -0.05) is 11.6 Å².